The van der Waals surface area contributed by atoms with Crippen LogP contribution in [0.1, 0.15) is 29.7 Å². The van der Waals surface area contributed by atoms with Crippen LogP contribution in [0.4, 0.5) is 0 Å². The van der Waals surface area contributed by atoms with Gasteiger partial charge in [-0.25, -0.2) is 0 Å². The Balaban J connectivity index is 1.67. The topological polar surface area (TPSA) is 56.8 Å². The number of methoxy groups -OCH3 is 1. The molecule has 2 aromatic carbocycles. The summed E-state index contributed by atoms with van der Waals surface area (Å²) >= 11 is 0. The number of ether oxygens (including phenoxy) is 3. The number of hydrogen-bond donors (Lipinski definition) is 1. The standard InChI is InChI=1S/C20H21NO4/c1-13-4-7-17(23-3)16(10-13)14(2)21-20(22)9-6-15-5-8-18-19(11-15)25-12-24-18/h4-11,14H,12H2,1-3H3,(H,21,22)/b9-6+/t14-/m0/s1. The number of rotatable bonds is 5. The number of benzene rings is 2. The van der Waals surface area contributed by atoms with E-state index < -0.39 is 0 Å². The molecule has 5 heteroatoms. The summed E-state index contributed by atoms with van der Waals surface area (Å²) in [5.41, 5.74) is 2.94. The summed E-state index contributed by atoms with van der Waals surface area (Å²) < 4.78 is 16.0. The van der Waals surface area contributed by atoms with E-state index in [4.69, 9.17) is 14.2 Å². The van der Waals surface area contributed by atoms with E-state index in [9.17, 15) is 4.79 Å². The highest BCUT2D eigenvalue weighted by Crippen LogP contribution is 2.32. The van der Waals surface area contributed by atoms with Crippen LogP contribution < -0.4 is 19.5 Å². The van der Waals surface area contributed by atoms with E-state index in [0.717, 1.165) is 28.2 Å². The van der Waals surface area contributed by atoms with E-state index in [2.05, 4.69) is 5.32 Å². The highest BCUT2D eigenvalue weighted by atomic mass is 16.7. The molecule has 0 saturated carbocycles. The van der Waals surface area contributed by atoms with Gasteiger partial charge in [-0.3, -0.25) is 4.79 Å². The molecule has 0 aromatic heterocycles. The molecule has 5 nitrogen and oxygen atoms in total. The third-order valence-electron chi connectivity index (χ3n) is 4.03. The third kappa shape index (κ3) is 3.94. The van der Waals surface area contributed by atoms with Crippen LogP contribution in [0.5, 0.6) is 17.2 Å². The van der Waals surface area contributed by atoms with Gasteiger partial charge in [-0.2, -0.15) is 0 Å². The Morgan fingerprint density at radius 1 is 1.20 bits per heavy atom. The van der Waals surface area contributed by atoms with Crippen molar-refractivity contribution in [1.82, 2.24) is 5.32 Å². The van der Waals surface area contributed by atoms with Crippen molar-refractivity contribution in [3.8, 4) is 17.2 Å². The Morgan fingerprint density at radius 2 is 2.00 bits per heavy atom. The molecule has 1 N–H and O–H groups in total. The highest BCUT2D eigenvalue weighted by Gasteiger charge is 2.14. The normalized spacial score (nSPS) is 13.7. The van der Waals surface area contributed by atoms with Crippen molar-refractivity contribution in [1.29, 1.82) is 0 Å². The average molecular weight is 339 g/mol. The van der Waals surface area contributed by atoms with Gasteiger partial charge in [0, 0.05) is 11.6 Å². The second kappa shape index (κ2) is 7.30. The van der Waals surface area contributed by atoms with Crippen LogP contribution in [-0.2, 0) is 4.79 Å². The molecule has 3 rings (SSSR count). The number of hydrogen-bond acceptors (Lipinski definition) is 4. The van der Waals surface area contributed by atoms with Crippen LogP contribution >= 0.6 is 0 Å². The van der Waals surface area contributed by atoms with E-state index in [1.807, 2.05) is 50.2 Å². The summed E-state index contributed by atoms with van der Waals surface area (Å²) in [4.78, 5) is 12.2. The van der Waals surface area contributed by atoms with Gasteiger partial charge in [-0.15, -0.1) is 0 Å². The molecule has 0 spiro atoms. The van der Waals surface area contributed by atoms with Gasteiger partial charge in [0.25, 0.3) is 0 Å². The zero-order valence-electron chi connectivity index (χ0n) is 14.5. The van der Waals surface area contributed by atoms with E-state index in [1.54, 1.807) is 13.2 Å². The lowest BCUT2D eigenvalue weighted by Crippen LogP contribution is -2.25. The first-order valence-electron chi connectivity index (χ1n) is 8.09. The second-order valence-electron chi connectivity index (χ2n) is 5.92. The predicted molar refractivity (Wildman–Crippen MR) is 95.9 cm³/mol. The quantitative estimate of drug-likeness (QED) is 0.845. The van der Waals surface area contributed by atoms with Gasteiger partial charge in [0.15, 0.2) is 11.5 Å². The highest BCUT2D eigenvalue weighted by molar-refractivity contribution is 5.92. The first-order valence-corrected chi connectivity index (χ1v) is 8.09. The van der Waals surface area contributed by atoms with Gasteiger partial charge >= 0.3 is 0 Å². The number of nitrogens with one attached hydrogen (secondary N) is 1. The van der Waals surface area contributed by atoms with Crippen LogP contribution in [0.25, 0.3) is 6.08 Å². The number of fused-ring (bicyclic) bond motifs is 1. The molecule has 1 aliphatic rings. The number of aryl methyl sites for hydroxylation is 1. The van der Waals surface area contributed by atoms with Gasteiger partial charge in [-0.1, -0.05) is 23.8 Å². The minimum absolute atomic E-state index is 0.163. The van der Waals surface area contributed by atoms with Crippen molar-refractivity contribution in [2.75, 3.05) is 13.9 Å². The molecule has 0 aliphatic carbocycles. The average Bonchev–Trinajstić information content (AvgIpc) is 3.07. The molecule has 0 bridgehead atoms. The van der Waals surface area contributed by atoms with Gasteiger partial charge in [-0.05, 0) is 43.7 Å². The maximum absolute atomic E-state index is 12.2. The molecule has 1 heterocycles. The number of carbonyl (C=O) groups excluding carboxylic acids is 1. The van der Waals surface area contributed by atoms with Gasteiger partial charge < -0.3 is 19.5 Å². The summed E-state index contributed by atoms with van der Waals surface area (Å²) in [6.07, 6.45) is 3.26. The monoisotopic (exact) mass is 339 g/mol. The lowest BCUT2D eigenvalue weighted by molar-refractivity contribution is -0.117. The first kappa shape index (κ1) is 16.9. The Hall–Kier alpha value is -2.95. The fraction of sp³-hybridized carbons (Fsp3) is 0.250. The fourth-order valence-corrected chi connectivity index (χ4v) is 2.72. The largest absolute Gasteiger partial charge is 0.496 e. The molecule has 0 unspecified atom stereocenters. The van der Waals surface area contributed by atoms with Crippen LogP contribution in [0.3, 0.4) is 0 Å². The van der Waals surface area contributed by atoms with Crippen molar-refractivity contribution in [3.63, 3.8) is 0 Å². The maximum atomic E-state index is 12.2. The molecule has 0 fully saturated rings. The molecule has 25 heavy (non-hydrogen) atoms. The first-order chi connectivity index (χ1) is 12.1. The van der Waals surface area contributed by atoms with Crippen molar-refractivity contribution in [3.05, 3.63) is 59.2 Å². The van der Waals surface area contributed by atoms with Crippen LogP contribution in [0, 0.1) is 6.92 Å². The van der Waals surface area contributed by atoms with Crippen molar-refractivity contribution in [2.45, 2.75) is 19.9 Å². The number of carbonyl (C=O) groups is 1. The van der Waals surface area contributed by atoms with Crippen LogP contribution in [-0.4, -0.2) is 19.8 Å². The van der Waals surface area contributed by atoms with Gasteiger partial charge in [0.05, 0.1) is 13.2 Å². The summed E-state index contributed by atoms with van der Waals surface area (Å²) in [5, 5.41) is 2.96. The lowest BCUT2D eigenvalue weighted by Gasteiger charge is -2.17. The zero-order chi connectivity index (χ0) is 17.8. The minimum Gasteiger partial charge on any atom is -0.496 e. The van der Waals surface area contributed by atoms with Gasteiger partial charge in [0.2, 0.25) is 12.7 Å². The zero-order valence-corrected chi connectivity index (χ0v) is 14.5. The number of amides is 1. The van der Waals surface area contributed by atoms with Crippen molar-refractivity contribution in [2.24, 2.45) is 0 Å². The van der Waals surface area contributed by atoms with Crippen molar-refractivity contribution < 1.29 is 19.0 Å². The molecule has 2 aromatic rings. The van der Waals surface area contributed by atoms with E-state index in [0.29, 0.717) is 5.75 Å². The van der Waals surface area contributed by atoms with Crippen LogP contribution in [0.2, 0.25) is 0 Å². The van der Waals surface area contributed by atoms with Gasteiger partial charge in [0.1, 0.15) is 5.75 Å². The van der Waals surface area contributed by atoms with Crippen LogP contribution in [0.15, 0.2) is 42.5 Å². The molecule has 0 saturated heterocycles. The molecule has 1 aliphatic heterocycles. The third-order valence-corrected chi connectivity index (χ3v) is 4.03. The van der Waals surface area contributed by atoms with E-state index >= 15 is 0 Å². The smallest absolute Gasteiger partial charge is 0.244 e. The summed E-state index contributed by atoms with van der Waals surface area (Å²) in [7, 11) is 1.63. The van der Waals surface area contributed by atoms with Crippen molar-refractivity contribution >= 4 is 12.0 Å². The Morgan fingerprint density at radius 3 is 2.80 bits per heavy atom. The SMILES string of the molecule is COc1ccc(C)cc1[C@H](C)NC(=O)/C=C/c1ccc2c(c1)OCO2. The summed E-state index contributed by atoms with van der Waals surface area (Å²) in [6, 6.07) is 11.3. The predicted octanol–water partition coefficient (Wildman–Crippen LogP) is 3.62. The molecule has 130 valence electrons. The summed E-state index contributed by atoms with van der Waals surface area (Å²) in [5.74, 6) is 2.01. The Bertz CT molecular complexity index is 813. The maximum Gasteiger partial charge on any atom is 0.244 e. The Kier molecular flexibility index (Phi) is 4.93. The Labute approximate surface area is 147 Å². The fourth-order valence-electron chi connectivity index (χ4n) is 2.72. The molecular weight excluding hydrogens is 318 g/mol. The van der Waals surface area contributed by atoms with E-state index in [-0.39, 0.29) is 18.7 Å². The van der Waals surface area contributed by atoms with E-state index in [1.165, 1.54) is 6.08 Å². The summed E-state index contributed by atoms with van der Waals surface area (Å²) in [6.45, 7) is 4.18. The molecule has 0 radical (unpaired) electrons. The minimum atomic E-state index is -0.172. The molecule has 1 atom stereocenters. The lowest BCUT2D eigenvalue weighted by atomic mass is 10.0. The molecular formula is C20H21NO4. The molecule has 1 amide bonds. The second-order valence-corrected chi connectivity index (χ2v) is 5.92.